The van der Waals surface area contributed by atoms with Crippen molar-refractivity contribution >= 4 is 17.8 Å². The maximum Gasteiger partial charge on any atom is 0.327 e. The lowest BCUT2D eigenvalue weighted by atomic mass is 10.3. The van der Waals surface area contributed by atoms with Crippen LogP contribution in [-0.4, -0.2) is 39.9 Å². The summed E-state index contributed by atoms with van der Waals surface area (Å²) in [5.41, 5.74) is 0.402. The number of carbonyl (C=O) groups excluding carboxylic acids is 1. The third kappa shape index (κ3) is 29.2. The van der Waals surface area contributed by atoms with Crippen molar-refractivity contribution in [3.05, 3.63) is 37.5 Å². The summed E-state index contributed by atoms with van der Waals surface area (Å²) in [6.45, 7) is 10.5. The number of carboxylic acid groups (broad SMARTS) is 2. The van der Waals surface area contributed by atoms with E-state index in [0.717, 1.165) is 12.2 Å². The standard InChI is InChI=1S/C5H9NO2.2C3H4O2/c1-4(2)5(8)6-3-7;2*1-2-3(4)5/h7H,1,3H2,2H3,(H,6,8);2*2H,1H2,(H,4,5). The number of rotatable bonds is 4. The fourth-order valence-electron chi connectivity index (χ4n) is 0.223. The van der Waals surface area contributed by atoms with Crippen molar-refractivity contribution in [3.8, 4) is 0 Å². The molecular weight excluding hydrogens is 242 g/mol. The number of hydrogen-bond acceptors (Lipinski definition) is 4. The Hall–Kier alpha value is -2.41. The molecule has 0 unspecified atom stereocenters. The summed E-state index contributed by atoms with van der Waals surface area (Å²) in [5, 5.41) is 25.5. The Labute approximate surface area is 105 Å². The van der Waals surface area contributed by atoms with E-state index < -0.39 is 11.9 Å². The van der Waals surface area contributed by atoms with Gasteiger partial charge in [0.25, 0.3) is 0 Å². The van der Waals surface area contributed by atoms with Crippen LogP contribution in [0.15, 0.2) is 37.5 Å². The van der Waals surface area contributed by atoms with Gasteiger partial charge < -0.3 is 20.6 Å². The molecule has 0 spiro atoms. The minimum absolute atomic E-state index is 0.312. The lowest BCUT2D eigenvalue weighted by Crippen LogP contribution is -2.24. The zero-order chi connectivity index (χ0) is 15.1. The second-order valence-corrected chi connectivity index (χ2v) is 2.53. The fourth-order valence-corrected chi connectivity index (χ4v) is 0.223. The first-order valence-corrected chi connectivity index (χ1v) is 4.48. The zero-order valence-electron chi connectivity index (χ0n) is 10.0. The van der Waals surface area contributed by atoms with Crippen molar-refractivity contribution in [1.82, 2.24) is 5.32 Å². The van der Waals surface area contributed by atoms with Crippen molar-refractivity contribution in [1.29, 1.82) is 0 Å². The predicted molar refractivity (Wildman–Crippen MR) is 65.7 cm³/mol. The molecule has 0 aliphatic heterocycles. The summed E-state index contributed by atoms with van der Waals surface area (Å²) >= 11 is 0. The first-order valence-electron chi connectivity index (χ1n) is 4.48. The second kappa shape index (κ2) is 14.6. The van der Waals surface area contributed by atoms with E-state index in [1.54, 1.807) is 6.92 Å². The van der Waals surface area contributed by atoms with Crippen LogP contribution in [0.1, 0.15) is 6.92 Å². The first-order chi connectivity index (χ1) is 8.22. The highest BCUT2D eigenvalue weighted by atomic mass is 16.4. The van der Waals surface area contributed by atoms with Crippen molar-refractivity contribution in [2.24, 2.45) is 0 Å². The molecule has 0 aromatic carbocycles. The Morgan fingerprint density at radius 2 is 1.39 bits per heavy atom. The molecule has 0 saturated carbocycles. The normalized spacial score (nSPS) is 7.22. The van der Waals surface area contributed by atoms with E-state index in [1.165, 1.54) is 0 Å². The van der Waals surface area contributed by atoms with Crippen LogP contribution in [0.5, 0.6) is 0 Å². The monoisotopic (exact) mass is 259 g/mol. The van der Waals surface area contributed by atoms with Crippen LogP contribution in [0.4, 0.5) is 0 Å². The Morgan fingerprint density at radius 3 is 1.44 bits per heavy atom. The number of aliphatic hydroxyl groups is 1. The number of carboxylic acids is 2. The summed E-state index contributed by atoms with van der Waals surface area (Å²) in [7, 11) is 0. The third-order valence-electron chi connectivity index (χ3n) is 0.976. The highest BCUT2D eigenvalue weighted by Crippen LogP contribution is 1.82. The smallest absolute Gasteiger partial charge is 0.327 e. The van der Waals surface area contributed by atoms with Crippen LogP contribution in [0, 0.1) is 0 Å². The van der Waals surface area contributed by atoms with Crippen LogP contribution < -0.4 is 5.32 Å². The van der Waals surface area contributed by atoms with Gasteiger partial charge in [-0.1, -0.05) is 19.7 Å². The number of carbonyl (C=O) groups is 3. The lowest BCUT2D eigenvalue weighted by molar-refractivity contribution is -0.132. The maximum atomic E-state index is 10.4. The van der Waals surface area contributed by atoms with E-state index >= 15 is 0 Å². The molecule has 1 amide bonds. The Bertz CT molecular complexity index is 303. The summed E-state index contributed by atoms with van der Waals surface area (Å²) < 4.78 is 0. The summed E-state index contributed by atoms with van der Waals surface area (Å²) in [4.78, 5) is 28.9. The Morgan fingerprint density at radius 1 is 1.11 bits per heavy atom. The molecule has 18 heavy (non-hydrogen) atoms. The summed E-state index contributed by atoms with van der Waals surface area (Å²) in [6.07, 6.45) is 1.67. The van der Waals surface area contributed by atoms with E-state index in [1.807, 2.05) is 0 Å². The second-order valence-electron chi connectivity index (χ2n) is 2.53. The number of amides is 1. The maximum absolute atomic E-state index is 10.4. The summed E-state index contributed by atoms with van der Waals surface area (Å²) in [5.74, 6) is -2.28. The Balaban J connectivity index is -0.000000197. The minimum Gasteiger partial charge on any atom is -0.478 e. The molecule has 4 N–H and O–H groups in total. The van der Waals surface area contributed by atoms with Gasteiger partial charge in [0.05, 0.1) is 0 Å². The van der Waals surface area contributed by atoms with Crippen molar-refractivity contribution in [2.45, 2.75) is 6.92 Å². The molecule has 7 nitrogen and oxygen atoms in total. The minimum atomic E-state index is -0.981. The molecule has 0 aromatic heterocycles. The van der Waals surface area contributed by atoms with Crippen LogP contribution in [-0.2, 0) is 14.4 Å². The van der Waals surface area contributed by atoms with E-state index in [9.17, 15) is 14.4 Å². The SMILES string of the molecule is C=C(C)C(=O)NCO.C=CC(=O)O.C=CC(=O)O. The van der Waals surface area contributed by atoms with Gasteiger partial charge in [-0.2, -0.15) is 0 Å². The number of aliphatic hydroxyl groups excluding tert-OH is 1. The van der Waals surface area contributed by atoms with Gasteiger partial charge in [-0.25, -0.2) is 9.59 Å². The first kappa shape index (κ1) is 20.9. The van der Waals surface area contributed by atoms with Gasteiger partial charge in [0.2, 0.25) is 5.91 Å². The van der Waals surface area contributed by atoms with Crippen LogP contribution >= 0.6 is 0 Å². The van der Waals surface area contributed by atoms with Crippen LogP contribution in [0.2, 0.25) is 0 Å². The largest absolute Gasteiger partial charge is 0.478 e. The molecule has 0 heterocycles. The average molecular weight is 259 g/mol. The molecule has 0 rings (SSSR count). The van der Waals surface area contributed by atoms with Crippen LogP contribution in [0.3, 0.4) is 0 Å². The molecule has 0 aliphatic carbocycles. The molecular formula is C11H17NO6. The van der Waals surface area contributed by atoms with Gasteiger partial charge >= 0.3 is 11.9 Å². The molecule has 0 aromatic rings. The van der Waals surface area contributed by atoms with E-state index in [0.29, 0.717) is 5.57 Å². The number of hydrogen-bond donors (Lipinski definition) is 4. The van der Waals surface area contributed by atoms with Gasteiger partial charge in [0.15, 0.2) is 0 Å². The van der Waals surface area contributed by atoms with E-state index in [4.69, 9.17) is 15.3 Å². The van der Waals surface area contributed by atoms with Crippen molar-refractivity contribution in [3.63, 3.8) is 0 Å². The molecule has 0 fully saturated rings. The third-order valence-corrected chi connectivity index (χ3v) is 0.976. The van der Waals surface area contributed by atoms with Gasteiger partial charge in [0, 0.05) is 17.7 Å². The quantitative estimate of drug-likeness (QED) is 0.420. The van der Waals surface area contributed by atoms with Crippen molar-refractivity contribution < 1.29 is 29.7 Å². The lowest BCUT2D eigenvalue weighted by Gasteiger charge is -1.96. The fraction of sp³-hybridized carbons (Fsp3) is 0.182. The van der Waals surface area contributed by atoms with Gasteiger partial charge in [0.1, 0.15) is 6.73 Å². The Kier molecular flexibility index (Phi) is 17.0. The highest BCUT2D eigenvalue weighted by molar-refractivity contribution is 5.91. The molecule has 0 radical (unpaired) electrons. The molecule has 102 valence electrons. The molecule has 7 heteroatoms. The van der Waals surface area contributed by atoms with Gasteiger partial charge in [-0.3, -0.25) is 4.79 Å². The van der Waals surface area contributed by atoms with Crippen molar-refractivity contribution in [2.75, 3.05) is 6.73 Å². The molecule has 0 aliphatic rings. The van der Waals surface area contributed by atoms with Gasteiger partial charge in [-0.05, 0) is 6.92 Å². The average Bonchev–Trinajstić information content (AvgIpc) is 2.30. The van der Waals surface area contributed by atoms with Gasteiger partial charge in [-0.15, -0.1) is 0 Å². The molecule has 0 atom stereocenters. The zero-order valence-corrected chi connectivity index (χ0v) is 10.0. The topological polar surface area (TPSA) is 124 Å². The number of aliphatic carboxylic acids is 2. The van der Waals surface area contributed by atoms with E-state index in [2.05, 4.69) is 25.1 Å². The molecule has 0 bridgehead atoms. The molecule has 0 saturated heterocycles. The number of nitrogens with one attached hydrogen (secondary N) is 1. The van der Waals surface area contributed by atoms with E-state index in [-0.39, 0.29) is 12.6 Å². The van der Waals surface area contributed by atoms with Crippen LogP contribution in [0.25, 0.3) is 0 Å². The summed E-state index contributed by atoms with van der Waals surface area (Å²) in [6, 6.07) is 0. The predicted octanol–water partition coefficient (Wildman–Crippen LogP) is 0.142. The highest BCUT2D eigenvalue weighted by Gasteiger charge is 1.95.